The Bertz CT molecular complexity index is 863. The van der Waals surface area contributed by atoms with E-state index in [0.717, 1.165) is 58.2 Å². The summed E-state index contributed by atoms with van der Waals surface area (Å²) in [4.78, 5) is 20.0. The van der Waals surface area contributed by atoms with Crippen LogP contribution in [0.25, 0.3) is 0 Å². The lowest BCUT2D eigenvalue weighted by Crippen LogP contribution is -2.52. The van der Waals surface area contributed by atoms with E-state index in [1.54, 1.807) is 7.11 Å². The monoisotopic (exact) mass is 452 g/mol. The van der Waals surface area contributed by atoms with Crippen molar-refractivity contribution in [2.24, 2.45) is 0 Å². The number of anilines is 1. The molecule has 2 aliphatic heterocycles. The molecule has 2 saturated heterocycles. The predicted molar refractivity (Wildman–Crippen MR) is 131 cm³/mol. The number of morpholine rings is 1. The summed E-state index contributed by atoms with van der Waals surface area (Å²) in [6, 6.07) is 18.8. The van der Waals surface area contributed by atoms with E-state index in [1.807, 2.05) is 18.2 Å². The largest absolute Gasteiger partial charge is 0.497 e. The van der Waals surface area contributed by atoms with Crippen LogP contribution in [0.1, 0.15) is 18.5 Å². The highest BCUT2D eigenvalue weighted by Gasteiger charge is 2.29. The zero-order valence-corrected chi connectivity index (χ0v) is 19.8. The van der Waals surface area contributed by atoms with Gasteiger partial charge in [-0.05, 0) is 36.8 Å². The molecule has 0 unspecified atom stereocenters. The minimum Gasteiger partial charge on any atom is -0.497 e. The van der Waals surface area contributed by atoms with Crippen molar-refractivity contribution in [3.05, 3.63) is 60.2 Å². The van der Waals surface area contributed by atoms with E-state index in [9.17, 15) is 4.79 Å². The van der Waals surface area contributed by atoms with Crippen LogP contribution in [0.3, 0.4) is 0 Å². The SMILES string of the molecule is COc1ccc(N2CCN(CC(=O)N[C@@H](C)[C@@H](c3ccccc3)N3CCOCC3)CC2)cc1. The van der Waals surface area contributed by atoms with Crippen molar-refractivity contribution < 1.29 is 14.3 Å². The van der Waals surface area contributed by atoms with Gasteiger partial charge in [-0.25, -0.2) is 0 Å². The molecule has 0 aliphatic carbocycles. The molecule has 7 heteroatoms. The van der Waals surface area contributed by atoms with E-state index in [0.29, 0.717) is 6.54 Å². The first-order valence-corrected chi connectivity index (χ1v) is 11.9. The Kier molecular flexibility index (Phi) is 8.20. The molecule has 0 aromatic heterocycles. The van der Waals surface area contributed by atoms with Gasteiger partial charge >= 0.3 is 0 Å². The summed E-state index contributed by atoms with van der Waals surface area (Å²) in [5.74, 6) is 0.962. The number of benzene rings is 2. The molecule has 0 saturated carbocycles. The van der Waals surface area contributed by atoms with Crippen LogP contribution in [0, 0.1) is 0 Å². The average molecular weight is 453 g/mol. The Morgan fingerprint density at radius 2 is 1.64 bits per heavy atom. The van der Waals surface area contributed by atoms with E-state index in [2.05, 4.69) is 63.3 Å². The minimum absolute atomic E-state index is 0.0126. The molecule has 33 heavy (non-hydrogen) atoms. The lowest BCUT2D eigenvalue weighted by molar-refractivity contribution is -0.123. The van der Waals surface area contributed by atoms with Crippen molar-refractivity contribution in [3.63, 3.8) is 0 Å². The number of hydrogen-bond acceptors (Lipinski definition) is 6. The number of nitrogens with one attached hydrogen (secondary N) is 1. The number of methoxy groups -OCH3 is 1. The number of carbonyl (C=O) groups excluding carboxylic acids is 1. The first kappa shape index (κ1) is 23.5. The van der Waals surface area contributed by atoms with Crippen LogP contribution in [0.5, 0.6) is 5.75 Å². The highest BCUT2D eigenvalue weighted by atomic mass is 16.5. The van der Waals surface area contributed by atoms with Gasteiger partial charge in [-0.15, -0.1) is 0 Å². The maximum Gasteiger partial charge on any atom is 0.234 e. The van der Waals surface area contributed by atoms with Gasteiger partial charge < -0.3 is 19.7 Å². The molecule has 0 radical (unpaired) electrons. The molecular formula is C26H36N4O3. The Morgan fingerprint density at radius 1 is 0.970 bits per heavy atom. The van der Waals surface area contributed by atoms with Crippen molar-refractivity contribution in [1.82, 2.24) is 15.1 Å². The fourth-order valence-electron chi connectivity index (χ4n) is 4.86. The molecule has 2 aromatic rings. The molecule has 2 aromatic carbocycles. The third-order valence-electron chi connectivity index (χ3n) is 6.62. The van der Waals surface area contributed by atoms with Gasteiger partial charge in [0, 0.05) is 51.0 Å². The minimum atomic E-state index is 0.0126. The van der Waals surface area contributed by atoms with E-state index < -0.39 is 0 Å². The van der Waals surface area contributed by atoms with Crippen LogP contribution in [-0.4, -0.2) is 87.9 Å². The van der Waals surface area contributed by atoms with E-state index in [4.69, 9.17) is 9.47 Å². The Labute approximate surface area is 197 Å². The van der Waals surface area contributed by atoms with Crippen molar-refractivity contribution in [3.8, 4) is 5.75 Å². The van der Waals surface area contributed by atoms with Gasteiger partial charge in [-0.1, -0.05) is 30.3 Å². The summed E-state index contributed by atoms with van der Waals surface area (Å²) < 4.78 is 10.8. The maximum absolute atomic E-state index is 12.9. The topological polar surface area (TPSA) is 57.3 Å². The second-order valence-corrected chi connectivity index (χ2v) is 8.82. The smallest absolute Gasteiger partial charge is 0.234 e. The first-order valence-electron chi connectivity index (χ1n) is 11.9. The van der Waals surface area contributed by atoms with Crippen molar-refractivity contribution in [1.29, 1.82) is 0 Å². The number of piperazine rings is 1. The standard InChI is InChI=1S/C26H36N4O3/c1-21(26(22-6-4-3-5-7-22)30-16-18-33-19-17-30)27-25(31)20-28-12-14-29(15-13-28)23-8-10-24(32-2)11-9-23/h3-11,21,26H,12-20H2,1-2H3,(H,27,31)/t21-,26-/m0/s1. The number of carbonyl (C=O) groups is 1. The molecule has 2 aliphatic rings. The molecule has 2 heterocycles. The number of amides is 1. The second kappa shape index (κ2) is 11.5. The van der Waals surface area contributed by atoms with E-state index in [1.165, 1.54) is 11.3 Å². The fourth-order valence-corrected chi connectivity index (χ4v) is 4.86. The number of ether oxygens (including phenoxy) is 2. The summed E-state index contributed by atoms with van der Waals surface area (Å²) >= 11 is 0. The number of hydrogen-bond donors (Lipinski definition) is 1. The highest BCUT2D eigenvalue weighted by molar-refractivity contribution is 5.78. The van der Waals surface area contributed by atoms with Crippen molar-refractivity contribution >= 4 is 11.6 Å². The first-order chi connectivity index (χ1) is 16.1. The molecule has 0 bridgehead atoms. The van der Waals surface area contributed by atoms with Gasteiger partial charge in [-0.3, -0.25) is 14.6 Å². The Balaban J connectivity index is 1.30. The summed E-state index contributed by atoms with van der Waals surface area (Å²) in [7, 11) is 1.68. The summed E-state index contributed by atoms with van der Waals surface area (Å²) in [6.45, 7) is 9.37. The summed E-state index contributed by atoms with van der Waals surface area (Å²) in [5.41, 5.74) is 2.44. The maximum atomic E-state index is 12.9. The lowest BCUT2D eigenvalue weighted by Gasteiger charge is -2.39. The van der Waals surface area contributed by atoms with Gasteiger partial charge in [0.15, 0.2) is 0 Å². The average Bonchev–Trinajstić information content (AvgIpc) is 2.86. The van der Waals surface area contributed by atoms with E-state index in [-0.39, 0.29) is 18.0 Å². The fraction of sp³-hybridized carbons (Fsp3) is 0.500. The van der Waals surface area contributed by atoms with Gasteiger partial charge in [-0.2, -0.15) is 0 Å². The molecular weight excluding hydrogens is 416 g/mol. The molecule has 2 atom stereocenters. The van der Waals surface area contributed by atoms with Crippen LogP contribution in [0.2, 0.25) is 0 Å². The van der Waals surface area contributed by atoms with Crippen LogP contribution in [0.15, 0.2) is 54.6 Å². The lowest BCUT2D eigenvalue weighted by atomic mass is 9.98. The van der Waals surface area contributed by atoms with E-state index >= 15 is 0 Å². The van der Waals surface area contributed by atoms with Crippen molar-refractivity contribution in [2.75, 3.05) is 71.0 Å². The highest BCUT2D eigenvalue weighted by Crippen LogP contribution is 2.25. The van der Waals surface area contributed by atoms with Gasteiger partial charge in [0.25, 0.3) is 0 Å². The van der Waals surface area contributed by atoms with Crippen LogP contribution >= 0.6 is 0 Å². The number of rotatable bonds is 8. The number of nitrogens with zero attached hydrogens (tertiary/aromatic N) is 3. The molecule has 7 nitrogen and oxygen atoms in total. The molecule has 1 N–H and O–H groups in total. The van der Waals surface area contributed by atoms with Crippen LogP contribution in [0.4, 0.5) is 5.69 Å². The Morgan fingerprint density at radius 3 is 2.27 bits per heavy atom. The van der Waals surface area contributed by atoms with Crippen molar-refractivity contribution in [2.45, 2.75) is 19.0 Å². The second-order valence-electron chi connectivity index (χ2n) is 8.82. The molecule has 178 valence electrons. The third-order valence-corrected chi connectivity index (χ3v) is 6.62. The third kappa shape index (κ3) is 6.25. The zero-order valence-electron chi connectivity index (χ0n) is 19.8. The van der Waals surface area contributed by atoms with Gasteiger partial charge in [0.2, 0.25) is 5.91 Å². The predicted octanol–water partition coefficient (Wildman–Crippen LogP) is 2.40. The molecule has 0 spiro atoms. The van der Waals surface area contributed by atoms with Crippen LogP contribution < -0.4 is 15.0 Å². The van der Waals surface area contributed by atoms with Gasteiger partial charge in [0.05, 0.1) is 32.9 Å². The van der Waals surface area contributed by atoms with Gasteiger partial charge in [0.1, 0.15) is 5.75 Å². The quantitative estimate of drug-likeness (QED) is 0.664. The molecule has 2 fully saturated rings. The Hall–Kier alpha value is -2.61. The summed E-state index contributed by atoms with van der Waals surface area (Å²) in [5, 5.41) is 3.29. The molecule has 1 amide bonds. The van der Waals surface area contributed by atoms with Crippen LogP contribution in [-0.2, 0) is 9.53 Å². The summed E-state index contributed by atoms with van der Waals surface area (Å²) in [6.07, 6.45) is 0. The normalized spacial score (nSPS) is 19.6. The zero-order chi connectivity index (χ0) is 23.0. The molecule has 4 rings (SSSR count).